The standard InChI is InChI=1S/C20H18N4O3/c25-19(16-2-1-3-18(10-16)24-12-21-22-13-24)23-9-8-17(11-23)14-4-6-15(7-5-14)20(26)27/h1-7,10,12-13,17H,8-9,11H2,(H,26,27)/t17-/m0/s1. The van der Waals surface area contributed by atoms with Gasteiger partial charge in [0.15, 0.2) is 0 Å². The molecule has 0 unspecified atom stereocenters. The molecular formula is C20H18N4O3. The third-order valence-electron chi connectivity index (χ3n) is 4.91. The molecule has 1 aromatic heterocycles. The van der Waals surface area contributed by atoms with Gasteiger partial charge in [0.05, 0.1) is 5.56 Å². The van der Waals surface area contributed by atoms with Crippen LogP contribution >= 0.6 is 0 Å². The van der Waals surface area contributed by atoms with E-state index in [4.69, 9.17) is 5.11 Å². The number of nitrogens with zero attached hydrogens (tertiary/aromatic N) is 4. The number of amides is 1. The molecule has 0 bridgehead atoms. The Hall–Kier alpha value is -3.48. The summed E-state index contributed by atoms with van der Waals surface area (Å²) in [5.74, 6) is -0.717. The minimum Gasteiger partial charge on any atom is -0.478 e. The molecule has 0 aliphatic carbocycles. The largest absolute Gasteiger partial charge is 0.478 e. The Morgan fingerprint density at radius 3 is 2.44 bits per heavy atom. The smallest absolute Gasteiger partial charge is 0.335 e. The Balaban J connectivity index is 1.48. The van der Waals surface area contributed by atoms with E-state index in [1.54, 1.807) is 29.4 Å². The Bertz CT molecular complexity index is 967. The van der Waals surface area contributed by atoms with Crippen LogP contribution in [0.4, 0.5) is 0 Å². The van der Waals surface area contributed by atoms with E-state index < -0.39 is 5.97 Å². The van der Waals surface area contributed by atoms with E-state index in [1.165, 1.54) is 0 Å². The van der Waals surface area contributed by atoms with Crippen LogP contribution in [0.3, 0.4) is 0 Å². The molecule has 0 radical (unpaired) electrons. The van der Waals surface area contributed by atoms with E-state index in [-0.39, 0.29) is 17.4 Å². The van der Waals surface area contributed by atoms with Crippen LogP contribution in [0, 0.1) is 0 Å². The fraction of sp³-hybridized carbons (Fsp3) is 0.200. The first kappa shape index (κ1) is 17.0. The summed E-state index contributed by atoms with van der Waals surface area (Å²) >= 11 is 0. The summed E-state index contributed by atoms with van der Waals surface area (Å²) in [6.07, 6.45) is 4.05. The molecule has 0 saturated carbocycles. The molecule has 1 fully saturated rings. The van der Waals surface area contributed by atoms with Crippen molar-refractivity contribution in [1.29, 1.82) is 0 Å². The summed E-state index contributed by atoms with van der Waals surface area (Å²) in [5, 5.41) is 16.6. The number of carboxylic acid groups (broad SMARTS) is 1. The third-order valence-corrected chi connectivity index (χ3v) is 4.91. The van der Waals surface area contributed by atoms with Gasteiger partial charge in [0.1, 0.15) is 12.7 Å². The monoisotopic (exact) mass is 362 g/mol. The molecule has 3 aromatic rings. The average Bonchev–Trinajstić information content (AvgIpc) is 3.40. The van der Waals surface area contributed by atoms with Gasteiger partial charge in [-0.15, -0.1) is 10.2 Å². The lowest BCUT2D eigenvalue weighted by molar-refractivity contribution is 0.0696. The molecule has 1 amide bonds. The lowest BCUT2D eigenvalue weighted by Gasteiger charge is -2.17. The second-order valence-electron chi connectivity index (χ2n) is 6.58. The minimum atomic E-state index is -0.933. The van der Waals surface area contributed by atoms with Crippen LogP contribution in [0.25, 0.3) is 5.69 Å². The van der Waals surface area contributed by atoms with E-state index in [2.05, 4.69) is 10.2 Å². The molecule has 1 aliphatic heterocycles. The summed E-state index contributed by atoms with van der Waals surface area (Å²) in [4.78, 5) is 25.7. The van der Waals surface area contributed by atoms with Gasteiger partial charge < -0.3 is 10.0 Å². The predicted octanol–water partition coefficient (Wildman–Crippen LogP) is 2.60. The van der Waals surface area contributed by atoms with E-state index in [9.17, 15) is 9.59 Å². The van der Waals surface area contributed by atoms with Gasteiger partial charge in [0.2, 0.25) is 0 Å². The zero-order chi connectivity index (χ0) is 18.8. The number of hydrogen-bond donors (Lipinski definition) is 1. The van der Waals surface area contributed by atoms with Gasteiger partial charge in [-0.3, -0.25) is 9.36 Å². The maximum Gasteiger partial charge on any atom is 0.335 e. The average molecular weight is 362 g/mol. The van der Waals surface area contributed by atoms with Crippen molar-refractivity contribution in [1.82, 2.24) is 19.7 Å². The number of benzene rings is 2. The second kappa shape index (κ2) is 7.03. The zero-order valence-electron chi connectivity index (χ0n) is 14.5. The van der Waals surface area contributed by atoms with Crippen molar-refractivity contribution in [3.8, 4) is 5.69 Å². The molecule has 1 aliphatic rings. The Morgan fingerprint density at radius 1 is 1.00 bits per heavy atom. The van der Waals surface area contributed by atoms with Crippen LogP contribution in [0.2, 0.25) is 0 Å². The number of carboxylic acids is 1. The molecule has 136 valence electrons. The molecule has 27 heavy (non-hydrogen) atoms. The maximum absolute atomic E-state index is 12.9. The van der Waals surface area contributed by atoms with Crippen LogP contribution in [-0.4, -0.2) is 49.7 Å². The van der Waals surface area contributed by atoms with Gasteiger partial charge in [0.25, 0.3) is 5.91 Å². The normalized spacial score (nSPS) is 16.4. The molecule has 7 nitrogen and oxygen atoms in total. The van der Waals surface area contributed by atoms with Gasteiger partial charge >= 0.3 is 5.97 Å². The van der Waals surface area contributed by atoms with Gasteiger partial charge in [-0.25, -0.2) is 4.79 Å². The van der Waals surface area contributed by atoms with E-state index in [0.717, 1.165) is 17.7 Å². The number of rotatable bonds is 4. The van der Waals surface area contributed by atoms with E-state index in [0.29, 0.717) is 18.7 Å². The van der Waals surface area contributed by atoms with Crippen molar-refractivity contribution in [3.63, 3.8) is 0 Å². The van der Waals surface area contributed by atoms with Crippen molar-refractivity contribution in [2.45, 2.75) is 12.3 Å². The number of aromatic carboxylic acids is 1. The quantitative estimate of drug-likeness (QED) is 0.771. The first-order valence-corrected chi connectivity index (χ1v) is 8.69. The molecule has 4 rings (SSSR count). The van der Waals surface area contributed by atoms with E-state index in [1.807, 2.05) is 41.3 Å². The van der Waals surface area contributed by atoms with E-state index >= 15 is 0 Å². The van der Waals surface area contributed by atoms with Crippen LogP contribution < -0.4 is 0 Å². The third kappa shape index (κ3) is 3.44. The number of aromatic nitrogens is 3. The zero-order valence-corrected chi connectivity index (χ0v) is 14.5. The van der Waals surface area contributed by atoms with Crippen molar-refractivity contribution >= 4 is 11.9 Å². The molecule has 1 atom stereocenters. The van der Waals surface area contributed by atoms with Gasteiger partial charge in [-0.2, -0.15) is 0 Å². The van der Waals surface area contributed by atoms with Gasteiger partial charge in [-0.1, -0.05) is 18.2 Å². The molecule has 2 aromatic carbocycles. The Kier molecular flexibility index (Phi) is 4.42. The summed E-state index contributed by atoms with van der Waals surface area (Å²) in [6.45, 7) is 1.31. The highest BCUT2D eigenvalue weighted by molar-refractivity contribution is 5.95. The first-order chi connectivity index (χ1) is 13.1. The number of hydrogen-bond acceptors (Lipinski definition) is 4. The number of carbonyl (C=O) groups is 2. The highest BCUT2D eigenvalue weighted by atomic mass is 16.4. The number of carbonyl (C=O) groups excluding carboxylic acids is 1. The fourth-order valence-corrected chi connectivity index (χ4v) is 3.43. The predicted molar refractivity (Wildman–Crippen MR) is 98.0 cm³/mol. The van der Waals surface area contributed by atoms with Crippen LogP contribution in [0.5, 0.6) is 0 Å². The Morgan fingerprint density at radius 2 is 1.74 bits per heavy atom. The maximum atomic E-state index is 12.9. The minimum absolute atomic E-state index is 0.00502. The lowest BCUT2D eigenvalue weighted by atomic mass is 9.97. The van der Waals surface area contributed by atoms with Gasteiger partial charge in [0, 0.05) is 30.3 Å². The highest BCUT2D eigenvalue weighted by Crippen LogP contribution is 2.28. The molecular weight excluding hydrogens is 344 g/mol. The molecule has 0 spiro atoms. The highest BCUT2D eigenvalue weighted by Gasteiger charge is 2.28. The second-order valence-corrected chi connectivity index (χ2v) is 6.58. The van der Waals surface area contributed by atoms with Crippen LogP contribution in [-0.2, 0) is 0 Å². The lowest BCUT2D eigenvalue weighted by Crippen LogP contribution is -2.28. The van der Waals surface area contributed by atoms with Crippen molar-refractivity contribution in [2.75, 3.05) is 13.1 Å². The van der Waals surface area contributed by atoms with Gasteiger partial charge in [-0.05, 0) is 42.3 Å². The van der Waals surface area contributed by atoms with Crippen LogP contribution in [0.15, 0.2) is 61.2 Å². The summed E-state index contributed by atoms with van der Waals surface area (Å²) in [5.41, 5.74) is 2.80. The summed E-state index contributed by atoms with van der Waals surface area (Å²) in [6, 6.07) is 14.3. The SMILES string of the molecule is O=C(O)c1ccc([C@H]2CCN(C(=O)c3cccc(-n4cnnc4)c3)C2)cc1. The van der Waals surface area contributed by atoms with Crippen molar-refractivity contribution < 1.29 is 14.7 Å². The molecule has 2 heterocycles. The Labute approximate surface area is 155 Å². The summed E-state index contributed by atoms with van der Waals surface area (Å²) in [7, 11) is 0. The summed E-state index contributed by atoms with van der Waals surface area (Å²) < 4.78 is 1.76. The molecule has 7 heteroatoms. The van der Waals surface area contributed by atoms with Crippen molar-refractivity contribution in [3.05, 3.63) is 77.9 Å². The first-order valence-electron chi connectivity index (χ1n) is 8.69. The molecule has 1 saturated heterocycles. The topological polar surface area (TPSA) is 88.3 Å². The van der Waals surface area contributed by atoms with Crippen LogP contribution in [0.1, 0.15) is 38.6 Å². The number of likely N-dealkylation sites (tertiary alicyclic amines) is 1. The van der Waals surface area contributed by atoms with Crippen molar-refractivity contribution in [2.24, 2.45) is 0 Å². The molecule has 1 N–H and O–H groups in total. The fourth-order valence-electron chi connectivity index (χ4n) is 3.43.